The van der Waals surface area contributed by atoms with Gasteiger partial charge in [0.2, 0.25) is 0 Å². The van der Waals surface area contributed by atoms with E-state index in [9.17, 15) is 4.39 Å². The van der Waals surface area contributed by atoms with Crippen molar-refractivity contribution < 1.29 is 4.39 Å². The molecular formula is C15H18FN5. The molecule has 2 aliphatic rings. The minimum Gasteiger partial charge on any atom is -0.251 e. The van der Waals surface area contributed by atoms with Crippen LogP contribution in [-0.2, 0) is 7.05 Å². The topological polar surface area (TPSA) is 54.8 Å². The van der Waals surface area contributed by atoms with E-state index >= 15 is 0 Å². The van der Waals surface area contributed by atoms with Gasteiger partial charge in [-0.2, -0.15) is 5.10 Å². The maximum Gasteiger partial charge on any atom is 0.154 e. The molecule has 1 saturated carbocycles. The highest BCUT2D eigenvalue weighted by molar-refractivity contribution is 5.23. The fourth-order valence-corrected chi connectivity index (χ4v) is 2.92. The van der Waals surface area contributed by atoms with Gasteiger partial charge >= 0.3 is 0 Å². The summed E-state index contributed by atoms with van der Waals surface area (Å²) in [7, 11) is 1.92. The van der Waals surface area contributed by atoms with Crippen LogP contribution in [0.4, 0.5) is 4.39 Å². The van der Waals surface area contributed by atoms with Crippen molar-refractivity contribution in [1.29, 1.82) is 0 Å². The van der Waals surface area contributed by atoms with Crippen LogP contribution in [0.2, 0.25) is 0 Å². The molecule has 1 aliphatic carbocycles. The molecule has 2 N–H and O–H groups in total. The van der Waals surface area contributed by atoms with Gasteiger partial charge in [-0.1, -0.05) is 18.2 Å². The molecule has 21 heavy (non-hydrogen) atoms. The molecule has 6 heteroatoms. The molecule has 2 heterocycles. The first-order valence-corrected chi connectivity index (χ1v) is 7.38. The third-order valence-corrected chi connectivity index (χ3v) is 4.25. The Bertz CT molecular complexity index is 664. The van der Waals surface area contributed by atoms with E-state index in [1.165, 1.54) is 18.9 Å². The largest absolute Gasteiger partial charge is 0.251 e. The zero-order chi connectivity index (χ0) is 14.4. The van der Waals surface area contributed by atoms with E-state index in [1.54, 1.807) is 6.07 Å². The van der Waals surface area contributed by atoms with E-state index in [2.05, 4.69) is 20.9 Å². The molecule has 4 rings (SSSR count). The summed E-state index contributed by atoms with van der Waals surface area (Å²) in [4.78, 5) is 4.66. The number of nitrogens with one attached hydrogen (secondary N) is 2. The zero-order valence-corrected chi connectivity index (χ0v) is 11.9. The Morgan fingerprint density at radius 2 is 1.95 bits per heavy atom. The first kappa shape index (κ1) is 12.9. The van der Waals surface area contributed by atoms with Gasteiger partial charge in [0.05, 0.1) is 12.1 Å². The summed E-state index contributed by atoms with van der Waals surface area (Å²) in [5.74, 6) is 2.24. The molecule has 1 aliphatic heterocycles. The molecule has 1 aromatic carbocycles. The smallest absolute Gasteiger partial charge is 0.154 e. The minimum absolute atomic E-state index is 0.0442. The second kappa shape index (κ2) is 4.89. The van der Waals surface area contributed by atoms with Crippen molar-refractivity contribution in [3.05, 3.63) is 47.3 Å². The molecule has 0 spiro atoms. The van der Waals surface area contributed by atoms with Gasteiger partial charge in [0.15, 0.2) is 5.82 Å². The van der Waals surface area contributed by atoms with E-state index in [0.29, 0.717) is 11.5 Å². The summed E-state index contributed by atoms with van der Waals surface area (Å²) in [5, 5.41) is 4.50. The van der Waals surface area contributed by atoms with E-state index in [-0.39, 0.29) is 17.9 Å². The predicted octanol–water partition coefficient (Wildman–Crippen LogP) is 2.11. The van der Waals surface area contributed by atoms with Gasteiger partial charge < -0.3 is 0 Å². The lowest BCUT2D eigenvalue weighted by atomic mass is 10.0. The normalized spacial score (nSPS) is 25.4. The van der Waals surface area contributed by atoms with Gasteiger partial charge in [0.25, 0.3) is 0 Å². The summed E-state index contributed by atoms with van der Waals surface area (Å²) in [6, 6.07) is 6.91. The van der Waals surface area contributed by atoms with Crippen LogP contribution in [0.15, 0.2) is 24.3 Å². The Balaban J connectivity index is 1.55. The summed E-state index contributed by atoms with van der Waals surface area (Å²) >= 11 is 0. The fourth-order valence-electron chi connectivity index (χ4n) is 2.92. The first-order valence-electron chi connectivity index (χ1n) is 7.38. The van der Waals surface area contributed by atoms with Crippen LogP contribution in [0.5, 0.6) is 0 Å². The van der Waals surface area contributed by atoms with Crippen LogP contribution < -0.4 is 10.9 Å². The van der Waals surface area contributed by atoms with Gasteiger partial charge in [-0.15, -0.1) is 0 Å². The standard InChI is InChI=1S/C15H18FN5/c1-21-15(17-14(20-21)9-6-7-9)13-8-12(18-19-13)10-4-2-3-5-11(10)16/h2-5,9,12-13,18-19H,6-8H2,1H3. The zero-order valence-electron chi connectivity index (χ0n) is 11.9. The van der Waals surface area contributed by atoms with E-state index in [4.69, 9.17) is 0 Å². The van der Waals surface area contributed by atoms with Gasteiger partial charge in [-0.3, -0.25) is 4.68 Å². The van der Waals surface area contributed by atoms with Crippen molar-refractivity contribution in [2.24, 2.45) is 7.05 Å². The number of aromatic nitrogens is 3. The Kier molecular flexibility index (Phi) is 3.01. The number of halogens is 1. The first-order chi connectivity index (χ1) is 10.2. The molecule has 0 bridgehead atoms. The van der Waals surface area contributed by atoms with E-state index < -0.39 is 0 Å². The van der Waals surface area contributed by atoms with E-state index in [1.807, 2.05) is 23.9 Å². The minimum atomic E-state index is -0.172. The summed E-state index contributed by atoms with van der Waals surface area (Å²) in [6.45, 7) is 0. The van der Waals surface area contributed by atoms with Crippen LogP contribution in [0.3, 0.4) is 0 Å². The summed E-state index contributed by atoms with van der Waals surface area (Å²) in [5.41, 5.74) is 7.09. The number of hydrazine groups is 1. The highest BCUT2D eigenvalue weighted by Crippen LogP contribution is 2.39. The Labute approximate surface area is 122 Å². The molecule has 1 aromatic heterocycles. The highest BCUT2D eigenvalue weighted by atomic mass is 19.1. The van der Waals surface area contributed by atoms with Crippen LogP contribution >= 0.6 is 0 Å². The SMILES string of the molecule is Cn1nc(C2CC2)nc1C1CC(c2ccccc2F)NN1. The summed E-state index contributed by atoms with van der Waals surface area (Å²) in [6.07, 6.45) is 3.15. The number of hydrogen-bond donors (Lipinski definition) is 2. The molecule has 5 nitrogen and oxygen atoms in total. The number of rotatable bonds is 3. The molecule has 0 amide bonds. The fraction of sp³-hybridized carbons (Fsp3) is 0.467. The van der Waals surface area contributed by atoms with Crippen LogP contribution in [0, 0.1) is 5.82 Å². The Morgan fingerprint density at radius 3 is 2.71 bits per heavy atom. The molecule has 2 unspecified atom stereocenters. The van der Waals surface area contributed by atoms with Gasteiger partial charge in [-0.25, -0.2) is 20.2 Å². The Morgan fingerprint density at radius 1 is 1.19 bits per heavy atom. The van der Waals surface area contributed by atoms with Gasteiger partial charge in [0, 0.05) is 18.5 Å². The summed E-state index contributed by atoms with van der Waals surface area (Å²) < 4.78 is 15.7. The second-order valence-corrected chi connectivity index (χ2v) is 5.88. The third kappa shape index (κ3) is 2.34. The maximum atomic E-state index is 13.9. The number of aryl methyl sites for hydroxylation is 1. The average molecular weight is 287 g/mol. The average Bonchev–Trinajstić information content (AvgIpc) is 3.09. The molecular weight excluding hydrogens is 269 g/mol. The van der Waals surface area contributed by atoms with Crippen molar-refractivity contribution in [3.8, 4) is 0 Å². The monoisotopic (exact) mass is 287 g/mol. The molecule has 110 valence electrons. The molecule has 0 radical (unpaired) electrons. The van der Waals surface area contributed by atoms with Crippen LogP contribution in [0.1, 0.15) is 54.5 Å². The maximum absolute atomic E-state index is 13.9. The van der Waals surface area contributed by atoms with Crippen molar-refractivity contribution in [1.82, 2.24) is 25.6 Å². The quantitative estimate of drug-likeness (QED) is 0.908. The highest BCUT2D eigenvalue weighted by Gasteiger charge is 2.33. The lowest BCUT2D eigenvalue weighted by molar-refractivity contribution is 0.513. The van der Waals surface area contributed by atoms with Crippen LogP contribution in [0.25, 0.3) is 0 Å². The molecule has 2 atom stereocenters. The van der Waals surface area contributed by atoms with E-state index in [0.717, 1.165) is 18.1 Å². The lowest BCUT2D eigenvalue weighted by Crippen LogP contribution is -2.28. The van der Waals surface area contributed by atoms with Crippen molar-refractivity contribution in [2.45, 2.75) is 37.3 Å². The predicted molar refractivity (Wildman–Crippen MR) is 75.7 cm³/mol. The number of nitrogens with zero attached hydrogens (tertiary/aromatic N) is 3. The Hall–Kier alpha value is -1.79. The van der Waals surface area contributed by atoms with Crippen molar-refractivity contribution in [3.63, 3.8) is 0 Å². The molecule has 1 saturated heterocycles. The number of benzene rings is 1. The third-order valence-electron chi connectivity index (χ3n) is 4.25. The van der Waals surface area contributed by atoms with Crippen molar-refractivity contribution in [2.75, 3.05) is 0 Å². The van der Waals surface area contributed by atoms with Crippen LogP contribution in [-0.4, -0.2) is 14.8 Å². The second-order valence-electron chi connectivity index (χ2n) is 5.88. The molecule has 2 fully saturated rings. The van der Waals surface area contributed by atoms with Crippen molar-refractivity contribution >= 4 is 0 Å². The lowest BCUT2D eigenvalue weighted by Gasteiger charge is -2.10. The number of hydrogen-bond acceptors (Lipinski definition) is 4. The molecule has 2 aromatic rings. The van der Waals surface area contributed by atoms with Gasteiger partial charge in [0.1, 0.15) is 11.6 Å². The van der Waals surface area contributed by atoms with Gasteiger partial charge in [-0.05, 0) is 25.3 Å².